The average molecular weight is 255 g/mol. The number of rotatable bonds is 5. The van der Waals surface area contributed by atoms with Crippen molar-refractivity contribution in [1.29, 1.82) is 0 Å². The number of aliphatic hydroxyl groups is 1. The molecule has 2 N–H and O–H groups in total. The fourth-order valence-electron chi connectivity index (χ4n) is 1.83. The molecule has 0 saturated carbocycles. The normalized spacial score (nSPS) is 16.1. The van der Waals surface area contributed by atoms with Crippen LogP contribution in [0.15, 0.2) is 10.5 Å². The van der Waals surface area contributed by atoms with Gasteiger partial charge in [0.05, 0.1) is 7.11 Å². The van der Waals surface area contributed by atoms with E-state index in [9.17, 15) is 9.90 Å². The molecule has 0 aliphatic rings. The number of nitrogens with one attached hydrogen (secondary N) is 1. The predicted octanol–water partition coefficient (Wildman–Crippen LogP) is 1.47. The zero-order valence-corrected chi connectivity index (χ0v) is 11.5. The molecule has 0 bridgehead atoms. The van der Waals surface area contributed by atoms with Crippen molar-refractivity contribution in [3.05, 3.63) is 23.2 Å². The monoisotopic (exact) mass is 255 g/mol. The van der Waals surface area contributed by atoms with Crippen molar-refractivity contribution in [1.82, 2.24) is 5.32 Å². The van der Waals surface area contributed by atoms with E-state index in [0.29, 0.717) is 0 Å². The number of carbonyl (C=O) groups excluding carboxylic acids is 1. The first kappa shape index (κ1) is 14.7. The Morgan fingerprint density at radius 2 is 2.22 bits per heavy atom. The van der Waals surface area contributed by atoms with Crippen LogP contribution in [0.5, 0.6) is 0 Å². The minimum Gasteiger partial charge on any atom is -0.467 e. The molecule has 0 aromatic carbocycles. The van der Waals surface area contributed by atoms with Gasteiger partial charge in [0.2, 0.25) is 0 Å². The highest BCUT2D eigenvalue weighted by atomic mass is 16.5. The first-order valence-electron chi connectivity index (χ1n) is 5.89. The highest BCUT2D eigenvalue weighted by molar-refractivity contribution is 5.78. The number of methoxy groups -OCH3 is 1. The van der Waals surface area contributed by atoms with Crippen molar-refractivity contribution in [3.63, 3.8) is 0 Å². The van der Waals surface area contributed by atoms with E-state index in [2.05, 4.69) is 10.1 Å². The summed E-state index contributed by atoms with van der Waals surface area (Å²) in [6.45, 7) is 7.26. The number of ether oxygens (including phenoxy) is 1. The van der Waals surface area contributed by atoms with Gasteiger partial charge in [-0.15, -0.1) is 0 Å². The minimum atomic E-state index is -1.53. The summed E-state index contributed by atoms with van der Waals surface area (Å²) in [4.78, 5) is 11.3. The van der Waals surface area contributed by atoms with E-state index in [1.807, 2.05) is 26.8 Å². The van der Waals surface area contributed by atoms with Crippen molar-refractivity contribution in [2.24, 2.45) is 0 Å². The van der Waals surface area contributed by atoms with E-state index in [-0.39, 0.29) is 12.6 Å². The van der Waals surface area contributed by atoms with Crippen molar-refractivity contribution < 1.29 is 19.1 Å². The number of carbonyl (C=O) groups is 1. The number of hydrogen-bond acceptors (Lipinski definition) is 5. The van der Waals surface area contributed by atoms with Crippen LogP contribution in [-0.4, -0.2) is 30.3 Å². The van der Waals surface area contributed by atoms with E-state index in [0.717, 1.165) is 17.1 Å². The molecule has 5 nitrogen and oxygen atoms in total. The summed E-state index contributed by atoms with van der Waals surface area (Å²) in [5.41, 5.74) is -0.511. The van der Waals surface area contributed by atoms with Gasteiger partial charge < -0.3 is 19.6 Å². The van der Waals surface area contributed by atoms with E-state index in [4.69, 9.17) is 4.42 Å². The lowest BCUT2D eigenvalue weighted by Crippen LogP contribution is -2.46. The van der Waals surface area contributed by atoms with Crippen LogP contribution in [0.4, 0.5) is 0 Å². The maximum atomic E-state index is 11.3. The summed E-state index contributed by atoms with van der Waals surface area (Å²) < 4.78 is 9.98. The Morgan fingerprint density at radius 3 is 2.67 bits per heavy atom. The maximum Gasteiger partial charge on any atom is 0.338 e. The van der Waals surface area contributed by atoms with E-state index in [1.54, 1.807) is 0 Å². The van der Waals surface area contributed by atoms with Gasteiger partial charge in [-0.25, -0.2) is 4.79 Å². The quantitative estimate of drug-likeness (QED) is 0.780. The summed E-state index contributed by atoms with van der Waals surface area (Å²) >= 11 is 0. The molecule has 0 aliphatic carbocycles. The number of hydrogen-bond donors (Lipinski definition) is 2. The molecule has 2 unspecified atom stereocenters. The molecular weight excluding hydrogens is 234 g/mol. The van der Waals surface area contributed by atoms with Crippen LogP contribution in [0.25, 0.3) is 0 Å². The maximum absolute atomic E-state index is 11.3. The second-order valence-corrected chi connectivity index (χ2v) is 4.74. The van der Waals surface area contributed by atoms with Crippen LogP contribution in [0.3, 0.4) is 0 Å². The fraction of sp³-hybridized carbons (Fsp3) is 0.615. The van der Waals surface area contributed by atoms with Gasteiger partial charge in [0.25, 0.3) is 0 Å². The molecule has 1 heterocycles. The smallest absolute Gasteiger partial charge is 0.338 e. The standard InChI is InChI=1S/C13H21NO4/c1-8-6-11(10(3)18-8)9(2)14-7-13(4,16)12(15)17-5/h6,9,14,16H,7H2,1-5H3. The van der Waals surface area contributed by atoms with Gasteiger partial charge in [-0.3, -0.25) is 0 Å². The molecule has 0 saturated heterocycles. The zero-order valence-electron chi connectivity index (χ0n) is 11.5. The second kappa shape index (κ2) is 5.54. The van der Waals surface area contributed by atoms with Gasteiger partial charge in [-0.2, -0.15) is 0 Å². The summed E-state index contributed by atoms with van der Waals surface area (Å²) in [7, 11) is 1.25. The zero-order chi connectivity index (χ0) is 13.9. The Kier molecular flexibility index (Phi) is 4.53. The van der Waals surface area contributed by atoms with Crippen LogP contribution in [0.1, 0.15) is 37.0 Å². The molecule has 0 spiro atoms. The molecule has 1 rings (SSSR count). The highest BCUT2D eigenvalue weighted by Crippen LogP contribution is 2.21. The Morgan fingerprint density at radius 1 is 1.61 bits per heavy atom. The average Bonchev–Trinajstić information content (AvgIpc) is 2.64. The summed E-state index contributed by atoms with van der Waals surface area (Å²) in [6, 6.07) is 1.93. The third-order valence-electron chi connectivity index (χ3n) is 2.92. The molecule has 18 heavy (non-hydrogen) atoms. The Balaban J connectivity index is 2.64. The minimum absolute atomic E-state index is 0.0152. The number of aryl methyl sites for hydroxylation is 2. The van der Waals surface area contributed by atoms with Gasteiger partial charge in [0.15, 0.2) is 5.60 Å². The number of furan rings is 1. The van der Waals surface area contributed by atoms with Gasteiger partial charge >= 0.3 is 5.97 Å². The van der Waals surface area contributed by atoms with E-state index in [1.165, 1.54) is 14.0 Å². The van der Waals surface area contributed by atoms with E-state index < -0.39 is 11.6 Å². The fourth-order valence-corrected chi connectivity index (χ4v) is 1.83. The molecule has 5 heteroatoms. The van der Waals surface area contributed by atoms with Crippen LogP contribution in [-0.2, 0) is 9.53 Å². The lowest BCUT2D eigenvalue weighted by molar-refractivity contribution is -0.160. The summed E-state index contributed by atoms with van der Waals surface area (Å²) in [6.07, 6.45) is 0. The van der Waals surface area contributed by atoms with Crippen molar-refractivity contribution in [2.75, 3.05) is 13.7 Å². The molecule has 1 aromatic heterocycles. The van der Waals surface area contributed by atoms with Crippen LogP contribution < -0.4 is 5.32 Å². The third-order valence-corrected chi connectivity index (χ3v) is 2.92. The number of esters is 1. The first-order valence-corrected chi connectivity index (χ1v) is 5.89. The predicted molar refractivity (Wildman–Crippen MR) is 67.2 cm³/mol. The molecule has 1 aromatic rings. The lowest BCUT2D eigenvalue weighted by Gasteiger charge is -2.23. The Labute approximate surface area is 107 Å². The Hall–Kier alpha value is -1.33. The van der Waals surface area contributed by atoms with Gasteiger partial charge in [-0.1, -0.05) is 0 Å². The largest absolute Gasteiger partial charge is 0.467 e. The molecule has 2 atom stereocenters. The van der Waals surface area contributed by atoms with Crippen LogP contribution >= 0.6 is 0 Å². The van der Waals surface area contributed by atoms with Gasteiger partial charge in [-0.05, 0) is 33.8 Å². The molecule has 0 amide bonds. The SMILES string of the molecule is COC(=O)C(C)(O)CNC(C)c1cc(C)oc1C. The summed E-state index contributed by atoms with van der Waals surface area (Å²) in [5.74, 6) is 1.03. The van der Waals surface area contributed by atoms with Gasteiger partial charge in [0, 0.05) is 18.2 Å². The lowest BCUT2D eigenvalue weighted by atomic mass is 10.1. The van der Waals surface area contributed by atoms with Crippen molar-refractivity contribution >= 4 is 5.97 Å². The molecule has 0 aliphatic heterocycles. The summed E-state index contributed by atoms with van der Waals surface area (Å²) in [5, 5.41) is 13.0. The van der Waals surface area contributed by atoms with E-state index >= 15 is 0 Å². The molecule has 102 valence electrons. The second-order valence-electron chi connectivity index (χ2n) is 4.74. The molecule has 0 radical (unpaired) electrons. The van der Waals surface area contributed by atoms with Crippen LogP contribution in [0, 0.1) is 13.8 Å². The highest BCUT2D eigenvalue weighted by Gasteiger charge is 2.31. The third kappa shape index (κ3) is 3.34. The topological polar surface area (TPSA) is 71.7 Å². The van der Waals surface area contributed by atoms with Gasteiger partial charge in [0.1, 0.15) is 11.5 Å². The van der Waals surface area contributed by atoms with Crippen molar-refractivity contribution in [3.8, 4) is 0 Å². The first-order chi connectivity index (χ1) is 8.27. The molecular formula is C13H21NO4. The molecule has 0 fully saturated rings. The Bertz CT molecular complexity index is 423. The van der Waals surface area contributed by atoms with Crippen LogP contribution in [0.2, 0.25) is 0 Å². The van der Waals surface area contributed by atoms with Crippen molar-refractivity contribution in [2.45, 2.75) is 39.3 Å².